The lowest BCUT2D eigenvalue weighted by Gasteiger charge is -2.04. The molecular formula is C18H27NO2. The standard InChI is InChI=1S/C18H27NO2/c1-16(19)11-7-4-2-3-5-10-14-18(20)21-15-17-12-8-6-9-13-17/h2-3,6,8-9,12-13,16H,4-5,7,10-11,14-15,19H2,1H3. The molecule has 0 saturated heterocycles. The quantitative estimate of drug-likeness (QED) is 0.403. The number of ether oxygens (including phenoxy) is 1. The second-order valence-electron chi connectivity index (χ2n) is 5.42. The van der Waals surface area contributed by atoms with Gasteiger partial charge in [0.15, 0.2) is 0 Å². The monoisotopic (exact) mass is 289 g/mol. The van der Waals surface area contributed by atoms with Gasteiger partial charge in [0.2, 0.25) is 0 Å². The van der Waals surface area contributed by atoms with Crippen molar-refractivity contribution < 1.29 is 9.53 Å². The maximum absolute atomic E-state index is 11.6. The third-order valence-corrected chi connectivity index (χ3v) is 3.19. The number of hydrogen-bond acceptors (Lipinski definition) is 3. The first-order chi connectivity index (χ1) is 10.2. The molecule has 0 aliphatic carbocycles. The van der Waals surface area contributed by atoms with Crippen molar-refractivity contribution in [2.75, 3.05) is 0 Å². The van der Waals surface area contributed by atoms with E-state index in [1.165, 1.54) is 0 Å². The first-order valence-electron chi connectivity index (χ1n) is 7.78. The summed E-state index contributed by atoms with van der Waals surface area (Å²) in [4.78, 5) is 11.6. The zero-order valence-electron chi connectivity index (χ0n) is 13.0. The summed E-state index contributed by atoms with van der Waals surface area (Å²) in [6, 6.07) is 10.0. The third-order valence-electron chi connectivity index (χ3n) is 3.19. The van der Waals surface area contributed by atoms with Gasteiger partial charge in [0.25, 0.3) is 0 Å². The van der Waals surface area contributed by atoms with Gasteiger partial charge in [0, 0.05) is 12.5 Å². The maximum atomic E-state index is 11.6. The highest BCUT2D eigenvalue weighted by Gasteiger charge is 2.02. The Kier molecular flexibility index (Phi) is 9.21. The molecule has 0 heterocycles. The van der Waals surface area contributed by atoms with Crippen molar-refractivity contribution >= 4 is 5.97 Å². The van der Waals surface area contributed by atoms with E-state index in [1.54, 1.807) is 0 Å². The first kappa shape index (κ1) is 17.4. The summed E-state index contributed by atoms with van der Waals surface area (Å²) < 4.78 is 5.22. The molecule has 0 fully saturated rings. The average Bonchev–Trinajstić information content (AvgIpc) is 2.48. The van der Waals surface area contributed by atoms with Crippen LogP contribution < -0.4 is 5.73 Å². The lowest BCUT2D eigenvalue weighted by Crippen LogP contribution is -2.13. The van der Waals surface area contributed by atoms with Crippen molar-refractivity contribution in [2.45, 2.75) is 58.1 Å². The molecule has 2 N–H and O–H groups in total. The summed E-state index contributed by atoms with van der Waals surface area (Å²) >= 11 is 0. The van der Waals surface area contributed by atoms with Crippen LogP contribution in [0.15, 0.2) is 42.5 Å². The lowest BCUT2D eigenvalue weighted by atomic mass is 10.1. The summed E-state index contributed by atoms with van der Waals surface area (Å²) in [7, 11) is 0. The van der Waals surface area contributed by atoms with Crippen molar-refractivity contribution in [1.29, 1.82) is 0 Å². The summed E-state index contributed by atoms with van der Waals surface area (Å²) in [5.74, 6) is -0.121. The molecule has 0 saturated carbocycles. The summed E-state index contributed by atoms with van der Waals surface area (Å²) in [5.41, 5.74) is 6.71. The van der Waals surface area contributed by atoms with Crippen molar-refractivity contribution in [3.05, 3.63) is 48.0 Å². The van der Waals surface area contributed by atoms with Crippen LogP contribution in [-0.2, 0) is 16.1 Å². The van der Waals surface area contributed by atoms with Crippen LogP contribution in [0.5, 0.6) is 0 Å². The number of carbonyl (C=O) groups excluding carboxylic acids is 1. The smallest absolute Gasteiger partial charge is 0.306 e. The van der Waals surface area contributed by atoms with Crippen molar-refractivity contribution in [2.24, 2.45) is 5.73 Å². The van der Waals surface area contributed by atoms with Gasteiger partial charge in [-0.3, -0.25) is 4.79 Å². The highest BCUT2D eigenvalue weighted by atomic mass is 16.5. The minimum absolute atomic E-state index is 0.121. The fourth-order valence-electron chi connectivity index (χ4n) is 1.97. The van der Waals surface area contributed by atoms with Crippen LogP contribution in [0, 0.1) is 0 Å². The molecule has 21 heavy (non-hydrogen) atoms. The molecule has 1 atom stereocenters. The van der Waals surface area contributed by atoms with Gasteiger partial charge < -0.3 is 10.5 Å². The molecule has 0 bridgehead atoms. The van der Waals surface area contributed by atoms with E-state index in [0.717, 1.165) is 37.7 Å². The van der Waals surface area contributed by atoms with E-state index < -0.39 is 0 Å². The van der Waals surface area contributed by atoms with Crippen LogP contribution in [0.3, 0.4) is 0 Å². The number of esters is 1. The normalized spacial score (nSPS) is 12.5. The van der Waals surface area contributed by atoms with Crippen molar-refractivity contribution in [3.63, 3.8) is 0 Å². The van der Waals surface area contributed by atoms with Crippen LogP contribution in [0.4, 0.5) is 0 Å². The summed E-state index contributed by atoms with van der Waals surface area (Å²) in [5, 5.41) is 0. The fraction of sp³-hybridized carbons (Fsp3) is 0.500. The average molecular weight is 289 g/mol. The van der Waals surface area contributed by atoms with Crippen molar-refractivity contribution in [1.82, 2.24) is 0 Å². The van der Waals surface area contributed by atoms with Gasteiger partial charge in [-0.15, -0.1) is 0 Å². The number of hydrogen-bond donors (Lipinski definition) is 1. The van der Waals surface area contributed by atoms with Gasteiger partial charge in [-0.2, -0.15) is 0 Å². The molecule has 3 heteroatoms. The van der Waals surface area contributed by atoms with Crippen LogP contribution >= 0.6 is 0 Å². The van der Waals surface area contributed by atoms with E-state index in [-0.39, 0.29) is 12.0 Å². The Morgan fingerprint density at radius 1 is 1.19 bits per heavy atom. The maximum Gasteiger partial charge on any atom is 0.306 e. The molecule has 0 aliphatic heterocycles. The Hall–Kier alpha value is -1.61. The molecule has 0 aromatic heterocycles. The van der Waals surface area contributed by atoms with E-state index in [9.17, 15) is 4.79 Å². The third kappa shape index (κ3) is 9.85. The van der Waals surface area contributed by atoms with Crippen LogP contribution in [0.2, 0.25) is 0 Å². The predicted molar refractivity (Wildman–Crippen MR) is 86.7 cm³/mol. The van der Waals surface area contributed by atoms with Gasteiger partial charge >= 0.3 is 5.97 Å². The second-order valence-corrected chi connectivity index (χ2v) is 5.42. The van der Waals surface area contributed by atoms with Gasteiger partial charge in [-0.1, -0.05) is 42.5 Å². The number of rotatable bonds is 10. The number of nitrogens with two attached hydrogens (primary N) is 1. The topological polar surface area (TPSA) is 52.3 Å². The Morgan fingerprint density at radius 3 is 2.52 bits per heavy atom. The van der Waals surface area contributed by atoms with E-state index >= 15 is 0 Å². The zero-order chi connectivity index (χ0) is 15.3. The second kappa shape index (κ2) is 11.1. The highest BCUT2D eigenvalue weighted by molar-refractivity contribution is 5.69. The molecule has 1 rings (SSSR count). The summed E-state index contributed by atoms with van der Waals surface area (Å²) in [6.07, 6.45) is 9.85. The Labute approximate surface area is 128 Å². The van der Waals surface area contributed by atoms with Crippen molar-refractivity contribution in [3.8, 4) is 0 Å². The molecule has 1 aromatic rings. The van der Waals surface area contributed by atoms with Gasteiger partial charge in [0.1, 0.15) is 6.61 Å². The van der Waals surface area contributed by atoms with Crippen LogP contribution in [0.25, 0.3) is 0 Å². The first-order valence-corrected chi connectivity index (χ1v) is 7.78. The van der Waals surface area contributed by atoms with Crippen LogP contribution in [-0.4, -0.2) is 12.0 Å². The zero-order valence-corrected chi connectivity index (χ0v) is 13.0. The molecule has 3 nitrogen and oxygen atoms in total. The van der Waals surface area contributed by atoms with Gasteiger partial charge in [-0.05, 0) is 44.6 Å². The summed E-state index contributed by atoms with van der Waals surface area (Å²) in [6.45, 7) is 2.40. The Morgan fingerprint density at radius 2 is 1.86 bits per heavy atom. The van der Waals surface area contributed by atoms with Crippen LogP contribution in [0.1, 0.15) is 51.0 Å². The SMILES string of the molecule is CC(N)CCCC=CCCCC(=O)OCc1ccccc1. The fourth-order valence-corrected chi connectivity index (χ4v) is 1.97. The molecule has 1 unspecified atom stereocenters. The molecule has 1 aromatic carbocycles. The largest absolute Gasteiger partial charge is 0.461 e. The minimum Gasteiger partial charge on any atom is -0.461 e. The van der Waals surface area contributed by atoms with E-state index in [4.69, 9.17) is 10.5 Å². The Bertz CT molecular complexity index is 412. The van der Waals surface area contributed by atoms with Gasteiger partial charge in [0.05, 0.1) is 0 Å². The van der Waals surface area contributed by atoms with Gasteiger partial charge in [-0.25, -0.2) is 0 Å². The number of unbranched alkanes of at least 4 members (excludes halogenated alkanes) is 2. The number of benzene rings is 1. The molecule has 0 spiro atoms. The number of carbonyl (C=O) groups is 1. The molecule has 0 radical (unpaired) electrons. The lowest BCUT2D eigenvalue weighted by molar-refractivity contribution is -0.145. The van der Waals surface area contributed by atoms with E-state index in [2.05, 4.69) is 12.2 Å². The molecule has 0 amide bonds. The Balaban J connectivity index is 1.99. The van der Waals surface area contributed by atoms with E-state index in [0.29, 0.717) is 13.0 Å². The molecule has 116 valence electrons. The molecule has 0 aliphatic rings. The predicted octanol–water partition coefficient (Wildman–Crippen LogP) is 3.97. The highest BCUT2D eigenvalue weighted by Crippen LogP contribution is 2.05. The van der Waals surface area contributed by atoms with E-state index in [1.807, 2.05) is 37.3 Å². The number of allylic oxidation sites excluding steroid dienone is 2. The molecular weight excluding hydrogens is 262 g/mol. The minimum atomic E-state index is -0.121.